The topological polar surface area (TPSA) is 60.0 Å². The van der Waals surface area contributed by atoms with Crippen molar-refractivity contribution < 1.29 is 19.3 Å². The fourth-order valence-corrected chi connectivity index (χ4v) is 6.85. The number of hydrogen-bond acceptors (Lipinski definition) is 5. The summed E-state index contributed by atoms with van der Waals surface area (Å²) in [6, 6.07) is 0. The maximum Gasteiger partial charge on any atom is 0.154 e. The lowest BCUT2D eigenvalue weighted by molar-refractivity contribution is -0.113. The van der Waals surface area contributed by atoms with E-state index < -0.39 is 6.29 Å². The maximum atomic E-state index is 10.5. The molecule has 0 amide bonds. The second-order valence-corrected chi connectivity index (χ2v) is 15.9. The largest absolute Gasteiger partial charge is 0.378 e. The zero-order chi connectivity index (χ0) is 39.3. The molecular weight excluding hydrogens is 667 g/mol. The first-order valence-corrected chi connectivity index (χ1v) is 23.8. The van der Waals surface area contributed by atoms with Crippen molar-refractivity contribution in [1.82, 2.24) is 5.32 Å². The zero-order valence-corrected chi connectivity index (χ0v) is 36.8. The minimum atomic E-state index is -0.657. The van der Waals surface area contributed by atoms with E-state index in [1.54, 1.807) is 0 Å². The van der Waals surface area contributed by atoms with Crippen LogP contribution in [0.15, 0.2) is 36.5 Å². The van der Waals surface area contributed by atoms with Gasteiger partial charge in [-0.2, -0.15) is 0 Å². The molecular formula is C49H95NO4. The number of unbranched alkanes of at least 4 members (excludes halogenated alkanes) is 21. The van der Waals surface area contributed by atoms with Gasteiger partial charge in [0.15, 0.2) is 6.29 Å². The van der Waals surface area contributed by atoms with Crippen LogP contribution in [0.3, 0.4) is 0 Å². The van der Waals surface area contributed by atoms with Gasteiger partial charge in [0.1, 0.15) is 0 Å². The third-order valence-corrected chi connectivity index (χ3v) is 10.5. The highest BCUT2D eigenvalue weighted by atomic mass is 16.6. The summed E-state index contributed by atoms with van der Waals surface area (Å²) in [6.45, 7) is 9.72. The summed E-state index contributed by atoms with van der Waals surface area (Å²) in [5.41, 5.74) is 0. The van der Waals surface area contributed by atoms with Gasteiger partial charge in [0.2, 0.25) is 0 Å². The molecule has 0 aromatic rings. The van der Waals surface area contributed by atoms with Crippen molar-refractivity contribution in [3.8, 4) is 0 Å². The molecule has 5 heteroatoms. The number of allylic oxidation sites excluding steroid dienone is 6. The van der Waals surface area contributed by atoms with Crippen molar-refractivity contribution in [3.63, 3.8) is 0 Å². The Morgan fingerprint density at radius 2 is 0.722 bits per heavy atom. The smallest absolute Gasteiger partial charge is 0.154 e. The van der Waals surface area contributed by atoms with Gasteiger partial charge in [0.05, 0.1) is 25.4 Å². The van der Waals surface area contributed by atoms with E-state index in [1.165, 1.54) is 167 Å². The standard InChI is InChI=1S/C49H95NO4/c1-5-8-11-14-17-20-23-26-29-32-35-38-47(42-45-54-49(51)40-37-34-31-28-25-22-19-16-13-10-7-3)52-44-41-48(53-46-43-50-4)39-36-33-30-27-24-21-18-15-12-9-6-2/h14-19,47-51H,5-13,20-46H2,1-4H3/b17-14+,18-15+,19-16+. The van der Waals surface area contributed by atoms with E-state index >= 15 is 0 Å². The van der Waals surface area contributed by atoms with Crippen LogP contribution in [0.4, 0.5) is 0 Å². The normalized spacial score (nSPS) is 13.9. The number of likely N-dealkylation sites (N-methyl/N-ethyl adjacent to an activating group) is 1. The van der Waals surface area contributed by atoms with Crippen molar-refractivity contribution in [2.45, 2.75) is 245 Å². The predicted molar refractivity (Wildman–Crippen MR) is 238 cm³/mol. The van der Waals surface area contributed by atoms with Crippen LogP contribution in [-0.2, 0) is 14.2 Å². The van der Waals surface area contributed by atoms with E-state index in [0.29, 0.717) is 6.61 Å². The molecule has 0 aliphatic heterocycles. The number of nitrogens with one attached hydrogen (secondary N) is 1. The number of rotatable bonds is 45. The zero-order valence-electron chi connectivity index (χ0n) is 36.8. The summed E-state index contributed by atoms with van der Waals surface area (Å²) in [5.74, 6) is 0. The lowest BCUT2D eigenvalue weighted by Crippen LogP contribution is -2.24. The van der Waals surface area contributed by atoms with Gasteiger partial charge < -0.3 is 24.6 Å². The van der Waals surface area contributed by atoms with Crippen LogP contribution < -0.4 is 5.32 Å². The van der Waals surface area contributed by atoms with Crippen LogP contribution in [-0.4, -0.2) is 57.0 Å². The molecule has 0 heterocycles. The lowest BCUT2D eigenvalue weighted by atomic mass is 10.0. The van der Waals surface area contributed by atoms with Crippen LogP contribution in [0, 0.1) is 0 Å². The number of hydrogen-bond donors (Lipinski definition) is 2. The summed E-state index contributed by atoms with van der Waals surface area (Å²) in [6.07, 6.45) is 52.7. The van der Waals surface area contributed by atoms with Gasteiger partial charge in [-0.05, 0) is 103 Å². The predicted octanol–water partition coefficient (Wildman–Crippen LogP) is 14.5. The highest BCUT2D eigenvalue weighted by Gasteiger charge is 2.14. The van der Waals surface area contributed by atoms with E-state index in [0.717, 1.165) is 58.3 Å². The van der Waals surface area contributed by atoms with Crippen LogP contribution >= 0.6 is 0 Å². The Morgan fingerprint density at radius 1 is 0.389 bits per heavy atom. The molecule has 0 aliphatic carbocycles. The highest BCUT2D eigenvalue weighted by molar-refractivity contribution is 4.82. The van der Waals surface area contributed by atoms with Crippen LogP contribution in [0.2, 0.25) is 0 Å². The Kier molecular flexibility index (Phi) is 45.6. The van der Waals surface area contributed by atoms with Crippen LogP contribution in [0.25, 0.3) is 0 Å². The van der Waals surface area contributed by atoms with Gasteiger partial charge in [0, 0.05) is 13.2 Å². The lowest BCUT2D eigenvalue weighted by Gasteiger charge is -2.22. The molecule has 3 unspecified atom stereocenters. The SMILES string of the molecule is CCCC/C=C/CCCCCCCC(O)OCCC(CCCCCCC/C=C/CCCC)OCCC(CCCCCCC/C=C/CCCC)OCCNC. The molecule has 0 aromatic heterocycles. The quantitative estimate of drug-likeness (QED) is 0.0368. The minimum absolute atomic E-state index is 0.184. The molecule has 0 saturated heterocycles. The first-order chi connectivity index (χ1) is 26.7. The van der Waals surface area contributed by atoms with E-state index in [-0.39, 0.29) is 12.2 Å². The first-order valence-electron chi connectivity index (χ1n) is 23.8. The molecule has 0 aliphatic rings. The van der Waals surface area contributed by atoms with Crippen molar-refractivity contribution in [2.24, 2.45) is 0 Å². The van der Waals surface area contributed by atoms with Crippen LogP contribution in [0.5, 0.6) is 0 Å². The number of ether oxygens (including phenoxy) is 3. The van der Waals surface area contributed by atoms with Gasteiger partial charge in [-0.3, -0.25) is 0 Å². The third-order valence-electron chi connectivity index (χ3n) is 10.5. The summed E-state index contributed by atoms with van der Waals surface area (Å²) in [5, 5.41) is 13.8. The van der Waals surface area contributed by atoms with Gasteiger partial charge in [0.25, 0.3) is 0 Å². The van der Waals surface area contributed by atoms with Crippen molar-refractivity contribution >= 4 is 0 Å². The second kappa shape index (κ2) is 46.4. The molecule has 0 radical (unpaired) electrons. The highest BCUT2D eigenvalue weighted by Crippen LogP contribution is 2.18. The Bertz CT molecular complexity index is 784. The molecule has 0 spiro atoms. The van der Waals surface area contributed by atoms with Gasteiger partial charge in [-0.25, -0.2) is 0 Å². The van der Waals surface area contributed by atoms with Gasteiger partial charge in [-0.1, -0.05) is 166 Å². The summed E-state index contributed by atoms with van der Waals surface area (Å²) < 4.78 is 18.8. The molecule has 0 saturated carbocycles. The van der Waals surface area contributed by atoms with Crippen molar-refractivity contribution in [3.05, 3.63) is 36.5 Å². The van der Waals surface area contributed by atoms with E-state index in [9.17, 15) is 5.11 Å². The first kappa shape index (κ1) is 53.0. The Labute approximate surface area is 338 Å². The molecule has 320 valence electrons. The second-order valence-electron chi connectivity index (χ2n) is 15.9. The fraction of sp³-hybridized carbons (Fsp3) is 0.878. The third kappa shape index (κ3) is 42.2. The average molecular weight is 762 g/mol. The molecule has 3 atom stereocenters. The summed E-state index contributed by atoms with van der Waals surface area (Å²) in [7, 11) is 1.99. The number of aliphatic hydroxyl groups is 1. The average Bonchev–Trinajstić information content (AvgIpc) is 3.17. The summed E-state index contributed by atoms with van der Waals surface area (Å²) in [4.78, 5) is 0. The molecule has 0 fully saturated rings. The van der Waals surface area contributed by atoms with Gasteiger partial charge >= 0.3 is 0 Å². The van der Waals surface area contributed by atoms with Crippen molar-refractivity contribution in [2.75, 3.05) is 33.4 Å². The molecule has 0 rings (SSSR count). The molecule has 0 bridgehead atoms. The Hall–Kier alpha value is -0.980. The van der Waals surface area contributed by atoms with E-state index in [2.05, 4.69) is 62.5 Å². The monoisotopic (exact) mass is 762 g/mol. The summed E-state index contributed by atoms with van der Waals surface area (Å²) >= 11 is 0. The van der Waals surface area contributed by atoms with Gasteiger partial charge in [-0.15, -0.1) is 0 Å². The molecule has 54 heavy (non-hydrogen) atoms. The minimum Gasteiger partial charge on any atom is -0.378 e. The molecule has 5 nitrogen and oxygen atoms in total. The van der Waals surface area contributed by atoms with E-state index in [1.807, 2.05) is 7.05 Å². The van der Waals surface area contributed by atoms with Crippen molar-refractivity contribution in [1.29, 1.82) is 0 Å². The molecule has 0 aromatic carbocycles. The number of aliphatic hydroxyl groups excluding tert-OH is 1. The van der Waals surface area contributed by atoms with Crippen LogP contribution in [0.1, 0.15) is 226 Å². The Balaban J connectivity index is 4.56. The fourth-order valence-electron chi connectivity index (χ4n) is 6.85. The Morgan fingerprint density at radius 3 is 1.13 bits per heavy atom. The maximum absolute atomic E-state index is 10.5. The van der Waals surface area contributed by atoms with E-state index in [4.69, 9.17) is 14.2 Å². The molecule has 2 N–H and O–H groups in total.